The molecule has 1 N–H and O–H groups in total. The normalized spacial score (nSPS) is 25.9. The van der Waals surface area contributed by atoms with Crippen LogP contribution in [0.2, 0.25) is 0 Å². The summed E-state index contributed by atoms with van der Waals surface area (Å²) < 4.78 is 17.7. The van der Waals surface area contributed by atoms with Crippen molar-refractivity contribution in [2.24, 2.45) is 11.3 Å². The van der Waals surface area contributed by atoms with Gasteiger partial charge in [-0.3, -0.25) is 9.59 Å². The molecule has 2 heterocycles. The van der Waals surface area contributed by atoms with Gasteiger partial charge in [-0.15, -0.1) is 11.8 Å². The fourth-order valence-corrected chi connectivity index (χ4v) is 6.22. The molecule has 5 atom stereocenters. The monoisotopic (exact) mass is 567 g/mol. The Morgan fingerprint density at radius 2 is 1.82 bits per heavy atom. The van der Waals surface area contributed by atoms with E-state index in [-0.39, 0.29) is 23.5 Å². The Kier molecular flexibility index (Phi) is 9.58. The zero-order valence-corrected chi connectivity index (χ0v) is 25.0. The number of nitrogens with zero attached hydrogens (tertiary/aromatic N) is 1. The molecule has 2 aromatic rings. The van der Waals surface area contributed by atoms with Crippen LogP contribution in [0.25, 0.3) is 0 Å². The number of aliphatic hydroxyl groups excluding tert-OH is 1. The Labute approximate surface area is 241 Å². The Balaban J connectivity index is 1.56. The largest absolute Gasteiger partial charge is 0.387 e. The first-order chi connectivity index (χ1) is 18.9. The van der Waals surface area contributed by atoms with E-state index in [1.807, 2.05) is 66.7 Å². The van der Waals surface area contributed by atoms with Crippen molar-refractivity contribution >= 4 is 29.1 Å². The lowest BCUT2D eigenvalue weighted by molar-refractivity contribution is -0.334. The highest BCUT2D eigenvalue weighted by molar-refractivity contribution is 7.99. The van der Waals surface area contributed by atoms with Crippen molar-refractivity contribution < 1.29 is 28.9 Å². The van der Waals surface area contributed by atoms with Crippen molar-refractivity contribution in [2.75, 3.05) is 17.8 Å². The van der Waals surface area contributed by atoms with Crippen LogP contribution in [-0.2, 0) is 30.3 Å². The summed E-state index contributed by atoms with van der Waals surface area (Å²) in [7, 11) is 1.43. The summed E-state index contributed by atoms with van der Waals surface area (Å²) in [5, 5.41) is 11.2. The minimum atomic E-state index is -1.13. The van der Waals surface area contributed by atoms with Gasteiger partial charge in [0.15, 0.2) is 11.6 Å². The zero-order chi connectivity index (χ0) is 29.1. The number of fused-ring (bicyclic) bond motifs is 1. The summed E-state index contributed by atoms with van der Waals surface area (Å²) in [5.74, 6) is -1.54. The number of carbonyl (C=O) groups excluding carboxylic acids is 2. The number of aliphatic hydroxyl groups is 1. The van der Waals surface area contributed by atoms with Crippen LogP contribution in [0.15, 0.2) is 71.6 Å². The van der Waals surface area contributed by atoms with E-state index in [0.29, 0.717) is 12.3 Å². The third-order valence-corrected chi connectivity index (χ3v) is 8.24. The molecule has 0 saturated carbocycles. The zero-order valence-electron chi connectivity index (χ0n) is 24.2. The highest BCUT2D eigenvalue weighted by Gasteiger charge is 2.48. The number of anilines is 1. The maximum absolute atomic E-state index is 13.9. The summed E-state index contributed by atoms with van der Waals surface area (Å²) in [4.78, 5) is 30.5. The van der Waals surface area contributed by atoms with Crippen molar-refractivity contribution in [3.63, 3.8) is 0 Å². The second kappa shape index (κ2) is 12.6. The summed E-state index contributed by atoms with van der Waals surface area (Å²) >= 11 is 1.58. The van der Waals surface area contributed by atoms with Crippen LogP contribution in [0.1, 0.15) is 46.6 Å². The topological polar surface area (TPSA) is 85.3 Å². The quantitative estimate of drug-likeness (QED) is 0.428. The maximum atomic E-state index is 13.9. The van der Waals surface area contributed by atoms with E-state index in [2.05, 4.69) is 20.8 Å². The molecular formula is C32H41NO6S. The number of allylic oxidation sites excluding steroid dienone is 1. The van der Waals surface area contributed by atoms with E-state index in [4.69, 9.17) is 14.2 Å². The highest BCUT2D eigenvalue weighted by atomic mass is 32.2. The molecule has 216 valence electrons. The van der Waals surface area contributed by atoms with Gasteiger partial charge in [0.1, 0.15) is 24.4 Å². The Morgan fingerprint density at radius 3 is 2.50 bits per heavy atom. The molecule has 0 bridgehead atoms. The number of carbonyl (C=O) groups is 2. The van der Waals surface area contributed by atoms with Gasteiger partial charge in [-0.1, -0.05) is 75.4 Å². The van der Waals surface area contributed by atoms with Gasteiger partial charge < -0.3 is 24.2 Å². The van der Waals surface area contributed by atoms with Crippen LogP contribution in [-0.4, -0.2) is 59.9 Å². The fourth-order valence-electron chi connectivity index (χ4n) is 5.07. The number of rotatable bonds is 8. The van der Waals surface area contributed by atoms with Crippen LogP contribution >= 0.6 is 11.8 Å². The molecule has 0 spiro atoms. The third-order valence-electron chi connectivity index (χ3n) is 7.01. The van der Waals surface area contributed by atoms with E-state index in [0.717, 1.165) is 16.1 Å². The van der Waals surface area contributed by atoms with E-state index in [1.54, 1.807) is 30.5 Å². The number of para-hydroxylation sites is 1. The summed E-state index contributed by atoms with van der Waals surface area (Å²) in [6, 6.07) is 17.7. The van der Waals surface area contributed by atoms with Gasteiger partial charge in [0.05, 0.1) is 18.2 Å². The molecule has 1 amide bonds. The van der Waals surface area contributed by atoms with E-state index < -0.39 is 36.1 Å². The molecule has 0 aromatic heterocycles. The van der Waals surface area contributed by atoms with Crippen molar-refractivity contribution in [1.82, 2.24) is 0 Å². The Bertz CT molecular complexity index is 1210. The second-order valence-electron chi connectivity index (χ2n) is 12.0. The summed E-state index contributed by atoms with van der Waals surface area (Å²) in [6.07, 6.45) is -0.0493. The molecule has 0 aliphatic carbocycles. The number of Topliss-reactive ketones (excluding diaryl/α,β-unsaturated/α-hetero) is 1. The smallest absolute Gasteiger partial charge is 0.231 e. The average Bonchev–Trinajstić information content (AvgIpc) is 3.02. The molecule has 1 saturated heterocycles. The van der Waals surface area contributed by atoms with Gasteiger partial charge in [0.25, 0.3) is 0 Å². The first-order valence-electron chi connectivity index (χ1n) is 13.7. The summed E-state index contributed by atoms with van der Waals surface area (Å²) in [6.45, 7) is 10.1. The lowest BCUT2D eigenvalue weighted by Gasteiger charge is -2.45. The number of thioether (sulfide) groups is 1. The number of hydrogen-bond donors (Lipinski definition) is 1. The minimum absolute atomic E-state index is 0.0278. The van der Waals surface area contributed by atoms with E-state index in [9.17, 15) is 14.7 Å². The standard InChI is InChI=1S/C32H41NO6S/c1-31(2,3)17-16-25-27(35)29(39-32(4,5)38-25)28(37-6)24(34)18-22-20-40-26-15-11-10-14-23(26)33(30(22)36)19-21-12-8-7-9-13-21/h7-17,22,25,27-29,35H,18-20H2,1-6H3/b17-16+/t22-,25+,27-,28-,29+/m0/s1. The van der Waals surface area contributed by atoms with Gasteiger partial charge in [0, 0.05) is 24.2 Å². The van der Waals surface area contributed by atoms with Crippen LogP contribution < -0.4 is 4.90 Å². The molecular weight excluding hydrogens is 526 g/mol. The number of ketones is 1. The minimum Gasteiger partial charge on any atom is -0.387 e. The number of ether oxygens (including phenoxy) is 3. The lowest BCUT2D eigenvalue weighted by atomic mass is 9.90. The van der Waals surface area contributed by atoms with E-state index >= 15 is 0 Å². The molecule has 0 radical (unpaired) electrons. The molecule has 4 rings (SSSR count). The molecule has 2 aromatic carbocycles. The van der Waals surface area contributed by atoms with Crippen LogP contribution in [0.5, 0.6) is 0 Å². The number of benzene rings is 2. The lowest BCUT2D eigenvalue weighted by Crippen LogP contribution is -2.59. The molecule has 40 heavy (non-hydrogen) atoms. The third kappa shape index (κ3) is 7.42. The second-order valence-corrected chi connectivity index (χ2v) is 13.1. The molecule has 8 heteroatoms. The van der Waals surface area contributed by atoms with Crippen molar-refractivity contribution in [3.8, 4) is 0 Å². The van der Waals surface area contributed by atoms with Crippen molar-refractivity contribution in [2.45, 2.75) is 82.7 Å². The van der Waals surface area contributed by atoms with Gasteiger partial charge in [0.2, 0.25) is 5.91 Å². The first-order valence-corrected chi connectivity index (χ1v) is 14.7. The Hall–Kier alpha value is -2.49. The van der Waals surface area contributed by atoms with E-state index in [1.165, 1.54) is 7.11 Å². The van der Waals surface area contributed by atoms with Crippen molar-refractivity contribution in [1.29, 1.82) is 0 Å². The molecule has 7 nitrogen and oxygen atoms in total. The number of amides is 1. The molecule has 2 aliphatic rings. The molecule has 2 aliphatic heterocycles. The average molecular weight is 568 g/mol. The molecule has 0 unspecified atom stereocenters. The number of methoxy groups -OCH3 is 1. The fraction of sp³-hybridized carbons (Fsp3) is 0.500. The van der Waals surface area contributed by atoms with Crippen molar-refractivity contribution in [3.05, 3.63) is 72.3 Å². The van der Waals surface area contributed by atoms with Gasteiger partial charge in [-0.05, 0) is 37.0 Å². The summed E-state index contributed by atoms with van der Waals surface area (Å²) in [5.41, 5.74) is 1.74. The van der Waals surface area contributed by atoms with Gasteiger partial charge in [-0.2, -0.15) is 0 Å². The van der Waals surface area contributed by atoms with Crippen LogP contribution in [0.3, 0.4) is 0 Å². The maximum Gasteiger partial charge on any atom is 0.231 e. The van der Waals surface area contributed by atoms with Crippen LogP contribution in [0.4, 0.5) is 5.69 Å². The first kappa shape index (κ1) is 30.5. The highest BCUT2D eigenvalue weighted by Crippen LogP contribution is 2.38. The Morgan fingerprint density at radius 1 is 1.15 bits per heavy atom. The molecule has 1 fully saturated rings. The number of hydrogen-bond acceptors (Lipinski definition) is 7. The van der Waals surface area contributed by atoms with Gasteiger partial charge in [-0.25, -0.2) is 0 Å². The van der Waals surface area contributed by atoms with Crippen LogP contribution in [0, 0.1) is 11.3 Å². The predicted molar refractivity (Wildman–Crippen MR) is 157 cm³/mol. The SMILES string of the molecule is CO[C@@H](C(=O)C[C@H]1CSc2ccccc2N(Cc2ccccc2)C1=O)[C@@H]1OC(C)(C)O[C@H](/C=C/C(C)(C)C)[C@@H]1O. The predicted octanol–water partition coefficient (Wildman–Crippen LogP) is 5.40. The van der Waals surface area contributed by atoms with Gasteiger partial charge >= 0.3 is 0 Å².